The van der Waals surface area contributed by atoms with Crippen LogP contribution in [0.2, 0.25) is 0 Å². The summed E-state index contributed by atoms with van der Waals surface area (Å²) in [5.41, 5.74) is 1.31. The predicted molar refractivity (Wildman–Crippen MR) is 94.9 cm³/mol. The summed E-state index contributed by atoms with van der Waals surface area (Å²) in [6.07, 6.45) is 2.54. The molecule has 2 aromatic carbocycles. The van der Waals surface area contributed by atoms with Crippen molar-refractivity contribution in [3.05, 3.63) is 71.8 Å². The van der Waals surface area contributed by atoms with Crippen molar-refractivity contribution in [2.45, 2.75) is 50.0 Å². The first-order chi connectivity index (χ1) is 12.2. The molecule has 0 radical (unpaired) electrons. The molecule has 2 bridgehead atoms. The van der Waals surface area contributed by atoms with E-state index in [0.29, 0.717) is 0 Å². The van der Waals surface area contributed by atoms with E-state index >= 15 is 0 Å². The highest BCUT2D eigenvalue weighted by Gasteiger charge is 2.58. The second kappa shape index (κ2) is 6.52. The molecule has 2 heterocycles. The van der Waals surface area contributed by atoms with Crippen molar-refractivity contribution in [1.29, 1.82) is 0 Å². The van der Waals surface area contributed by atoms with Gasteiger partial charge < -0.3 is 9.84 Å². The highest BCUT2D eigenvalue weighted by molar-refractivity contribution is 5.70. The lowest BCUT2D eigenvalue weighted by atomic mass is 9.80. The minimum absolute atomic E-state index is 0.182. The summed E-state index contributed by atoms with van der Waals surface area (Å²) in [5.74, 6) is 0. The molecule has 1 unspecified atom stereocenters. The summed E-state index contributed by atoms with van der Waals surface area (Å²) < 4.78 is 5.58. The molecule has 4 heteroatoms. The molecule has 2 aliphatic rings. The maximum atomic E-state index is 12.8. The molecular weight excluding hydrogens is 314 g/mol. The van der Waals surface area contributed by atoms with Crippen LogP contribution in [0.5, 0.6) is 0 Å². The van der Waals surface area contributed by atoms with Gasteiger partial charge in [0.1, 0.15) is 12.7 Å². The van der Waals surface area contributed by atoms with Gasteiger partial charge in [-0.1, -0.05) is 60.7 Å². The van der Waals surface area contributed by atoms with Gasteiger partial charge in [-0.05, 0) is 36.8 Å². The second-order valence-electron chi connectivity index (χ2n) is 7.06. The van der Waals surface area contributed by atoms with E-state index in [2.05, 4.69) is 0 Å². The number of aliphatic hydroxyl groups excluding tert-OH is 1. The number of rotatable bonds is 4. The SMILES string of the molecule is O=C(OCc1ccccc1)N1C2CCC1(C(O)c1ccccc1)CC2. The molecule has 2 saturated heterocycles. The van der Waals surface area contributed by atoms with E-state index in [9.17, 15) is 9.90 Å². The molecule has 0 aliphatic carbocycles. The quantitative estimate of drug-likeness (QED) is 0.915. The first kappa shape index (κ1) is 16.2. The number of hydrogen-bond donors (Lipinski definition) is 1. The third kappa shape index (κ3) is 2.81. The summed E-state index contributed by atoms with van der Waals surface area (Å²) >= 11 is 0. The Labute approximate surface area is 148 Å². The summed E-state index contributed by atoms with van der Waals surface area (Å²) in [6.45, 7) is 0.264. The van der Waals surface area contributed by atoms with Crippen molar-refractivity contribution < 1.29 is 14.6 Å². The van der Waals surface area contributed by atoms with Crippen LogP contribution in [0.15, 0.2) is 60.7 Å². The van der Waals surface area contributed by atoms with Crippen LogP contribution < -0.4 is 0 Å². The van der Waals surface area contributed by atoms with E-state index in [1.165, 1.54) is 0 Å². The number of ether oxygens (including phenoxy) is 1. The van der Waals surface area contributed by atoms with Crippen LogP contribution in [-0.2, 0) is 11.3 Å². The first-order valence-corrected chi connectivity index (χ1v) is 8.94. The van der Waals surface area contributed by atoms with Gasteiger partial charge in [0.25, 0.3) is 0 Å². The van der Waals surface area contributed by atoms with Crippen LogP contribution >= 0.6 is 0 Å². The summed E-state index contributed by atoms with van der Waals surface area (Å²) in [4.78, 5) is 14.6. The Hall–Kier alpha value is -2.33. The van der Waals surface area contributed by atoms with Gasteiger partial charge in [0, 0.05) is 6.04 Å². The lowest BCUT2D eigenvalue weighted by molar-refractivity contribution is -0.00345. The van der Waals surface area contributed by atoms with Crippen LogP contribution in [0.1, 0.15) is 42.9 Å². The van der Waals surface area contributed by atoms with Crippen molar-refractivity contribution in [3.63, 3.8) is 0 Å². The summed E-state index contributed by atoms with van der Waals surface area (Å²) in [7, 11) is 0. The lowest BCUT2D eigenvalue weighted by Gasteiger charge is -2.38. The van der Waals surface area contributed by atoms with E-state index in [4.69, 9.17) is 4.74 Å². The van der Waals surface area contributed by atoms with E-state index in [1.54, 1.807) is 0 Å². The standard InChI is InChI=1S/C21H23NO3/c23-19(17-9-5-2-6-10-17)21-13-11-18(12-14-21)22(21)20(24)25-15-16-7-3-1-4-8-16/h1-10,18-19,23H,11-15H2. The minimum atomic E-state index is -0.675. The average molecular weight is 337 g/mol. The highest BCUT2D eigenvalue weighted by atomic mass is 16.6. The third-order valence-electron chi connectivity index (χ3n) is 5.69. The zero-order chi connectivity index (χ0) is 17.3. The number of carbonyl (C=O) groups is 1. The molecule has 1 atom stereocenters. The fraction of sp³-hybridized carbons (Fsp3) is 0.381. The van der Waals surface area contributed by atoms with Gasteiger partial charge in [-0.3, -0.25) is 4.90 Å². The molecular formula is C21H23NO3. The van der Waals surface area contributed by atoms with Gasteiger partial charge in [-0.15, -0.1) is 0 Å². The molecule has 2 aromatic rings. The van der Waals surface area contributed by atoms with Crippen LogP contribution in [-0.4, -0.2) is 27.7 Å². The predicted octanol–water partition coefficient (Wildman–Crippen LogP) is 4.05. The molecule has 130 valence electrons. The fourth-order valence-corrected chi connectivity index (χ4v) is 4.44. The molecule has 1 amide bonds. The third-order valence-corrected chi connectivity index (χ3v) is 5.69. The number of benzene rings is 2. The van der Waals surface area contributed by atoms with Gasteiger partial charge in [0.05, 0.1) is 5.54 Å². The maximum absolute atomic E-state index is 12.8. The zero-order valence-corrected chi connectivity index (χ0v) is 14.2. The van der Waals surface area contributed by atoms with Gasteiger partial charge >= 0.3 is 6.09 Å². The van der Waals surface area contributed by atoms with Gasteiger partial charge in [-0.25, -0.2) is 4.79 Å². The Bertz CT molecular complexity index is 723. The zero-order valence-electron chi connectivity index (χ0n) is 14.2. The Morgan fingerprint density at radius 3 is 2.32 bits per heavy atom. The van der Waals surface area contributed by atoms with Gasteiger partial charge in [0.15, 0.2) is 0 Å². The van der Waals surface area contributed by atoms with Crippen LogP contribution in [0, 0.1) is 0 Å². The number of carbonyl (C=O) groups excluding carboxylic acids is 1. The number of hydrogen-bond acceptors (Lipinski definition) is 3. The Morgan fingerprint density at radius 1 is 1.08 bits per heavy atom. The van der Waals surface area contributed by atoms with E-state index in [1.807, 2.05) is 65.6 Å². The van der Waals surface area contributed by atoms with Crippen molar-refractivity contribution in [3.8, 4) is 0 Å². The summed E-state index contributed by atoms with van der Waals surface area (Å²) in [6, 6.07) is 19.5. The van der Waals surface area contributed by atoms with Crippen molar-refractivity contribution in [2.24, 2.45) is 0 Å². The highest BCUT2D eigenvalue weighted by Crippen LogP contribution is 2.52. The lowest BCUT2D eigenvalue weighted by Crippen LogP contribution is -2.49. The van der Waals surface area contributed by atoms with E-state index in [-0.39, 0.29) is 18.7 Å². The Morgan fingerprint density at radius 2 is 1.68 bits per heavy atom. The largest absolute Gasteiger partial charge is 0.445 e. The van der Waals surface area contributed by atoms with E-state index in [0.717, 1.165) is 36.8 Å². The number of amides is 1. The molecule has 4 nitrogen and oxygen atoms in total. The molecule has 25 heavy (non-hydrogen) atoms. The number of nitrogens with zero attached hydrogens (tertiary/aromatic N) is 1. The smallest absolute Gasteiger partial charge is 0.410 e. The minimum Gasteiger partial charge on any atom is -0.445 e. The second-order valence-corrected chi connectivity index (χ2v) is 7.06. The maximum Gasteiger partial charge on any atom is 0.410 e. The molecule has 2 fully saturated rings. The molecule has 0 saturated carbocycles. The first-order valence-electron chi connectivity index (χ1n) is 8.94. The van der Waals surface area contributed by atoms with Crippen molar-refractivity contribution in [1.82, 2.24) is 4.90 Å². The normalized spacial score (nSPS) is 25.8. The fourth-order valence-electron chi connectivity index (χ4n) is 4.44. The van der Waals surface area contributed by atoms with Crippen molar-refractivity contribution in [2.75, 3.05) is 0 Å². The molecule has 0 spiro atoms. The topological polar surface area (TPSA) is 49.8 Å². The van der Waals surface area contributed by atoms with Gasteiger partial charge in [-0.2, -0.15) is 0 Å². The number of aliphatic hydroxyl groups is 1. The average Bonchev–Trinajstić information content (AvgIpc) is 3.24. The molecule has 4 rings (SSSR count). The van der Waals surface area contributed by atoms with Gasteiger partial charge in [0.2, 0.25) is 0 Å². The Balaban J connectivity index is 1.53. The van der Waals surface area contributed by atoms with E-state index < -0.39 is 11.6 Å². The molecule has 2 aliphatic heterocycles. The molecule has 0 aromatic heterocycles. The monoisotopic (exact) mass is 337 g/mol. The van der Waals surface area contributed by atoms with Crippen LogP contribution in [0.3, 0.4) is 0 Å². The van der Waals surface area contributed by atoms with Crippen molar-refractivity contribution >= 4 is 6.09 Å². The number of fused-ring (bicyclic) bond motifs is 2. The Kier molecular flexibility index (Phi) is 4.22. The molecule has 1 N–H and O–H groups in total. The summed E-state index contributed by atoms with van der Waals surface area (Å²) in [5, 5.41) is 11.1. The van der Waals surface area contributed by atoms with Crippen LogP contribution in [0.4, 0.5) is 4.79 Å². The van der Waals surface area contributed by atoms with Crippen LogP contribution in [0.25, 0.3) is 0 Å².